The molecule has 1 fully saturated rings. The number of nitrogens with one attached hydrogen (secondary N) is 2. The Morgan fingerprint density at radius 2 is 2.17 bits per heavy atom. The van der Waals surface area contributed by atoms with Gasteiger partial charge >= 0.3 is 0 Å². The third kappa shape index (κ3) is 5.12. The van der Waals surface area contributed by atoms with Crippen LogP contribution in [0.25, 0.3) is 0 Å². The van der Waals surface area contributed by atoms with Crippen molar-refractivity contribution in [3.63, 3.8) is 0 Å². The number of ether oxygens (including phenoxy) is 1. The van der Waals surface area contributed by atoms with Gasteiger partial charge in [0.15, 0.2) is 11.6 Å². The maximum absolute atomic E-state index is 13.5. The summed E-state index contributed by atoms with van der Waals surface area (Å²) in [4.78, 5) is 12.1. The maximum atomic E-state index is 13.5. The molecule has 2 rings (SSSR count). The molecule has 4 nitrogen and oxygen atoms in total. The molecule has 7 heteroatoms. The normalized spacial score (nSPS) is 22.1. The monoisotopic (exact) mass is 348 g/mol. The zero-order valence-electron chi connectivity index (χ0n) is 13.3. The molecule has 0 bridgehead atoms. The van der Waals surface area contributed by atoms with Gasteiger partial charge in [0.2, 0.25) is 5.91 Å². The number of carbonyl (C=O) groups excluding carboxylic acids is 1. The summed E-state index contributed by atoms with van der Waals surface area (Å²) in [5, 5.41) is 6.21. The average molecular weight is 349 g/mol. The van der Waals surface area contributed by atoms with Gasteiger partial charge in [-0.3, -0.25) is 4.79 Å². The second-order valence-corrected chi connectivity index (χ2v) is 5.74. The number of amides is 1. The second kappa shape index (κ2) is 9.15. The predicted molar refractivity (Wildman–Crippen MR) is 86.8 cm³/mol. The first-order valence-corrected chi connectivity index (χ1v) is 7.48. The molecule has 1 amide bonds. The van der Waals surface area contributed by atoms with Crippen LogP contribution in [-0.4, -0.2) is 38.8 Å². The van der Waals surface area contributed by atoms with Crippen LogP contribution in [0.5, 0.6) is 0 Å². The molecule has 0 spiro atoms. The lowest BCUT2D eigenvalue weighted by Crippen LogP contribution is -2.51. The molecule has 1 aromatic carbocycles. The Morgan fingerprint density at radius 3 is 2.83 bits per heavy atom. The minimum absolute atomic E-state index is 0. The van der Waals surface area contributed by atoms with Gasteiger partial charge in [0.1, 0.15) is 0 Å². The summed E-state index contributed by atoms with van der Waals surface area (Å²) in [5.74, 6) is -2.09. The number of carbonyl (C=O) groups is 1. The van der Waals surface area contributed by atoms with E-state index in [-0.39, 0.29) is 36.2 Å². The largest absolute Gasteiger partial charge is 0.384 e. The quantitative estimate of drug-likeness (QED) is 0.858. The van der Waals surface area contributed by atoms with Gasteiger partial charge in [-0.2, -0.15) is 0 Å². The lowest BCUT2D eigenvalue weighted by atomic mass is 9.85. The van der Waals surface area contributed by atoms with Crippen molar-refractivity contribution < 1.29 is 18.3 Å². The third-order valence-electron chi connectivity index (χ3n) is 4.05. The van der Waals surface area contributed by atoms with Gasteiger partial charge in [-0.25, -0.2) is 8.78 Å². The smallest absolute Gasteiger partial charge is 0.225 e. The summed E-state index contributed by atoms with van der Waals surface area (Å²) in [7, 11) is 1.55. The molecular formula is C16H23ClF2N2O2. The molecule has 2 N–H and O–H groups in total. The van der Waals surface area contributed by atoms with Gasteiger partial charge in [-0.15, -0.1) is 12.4 Å². The fraction of sp³-hybridized carbons (Fsp3) is 0.562. The zero-order chi connectivity index (χ0) is 16.1. The van der Waals surface area contributed by atoms with Crippen LogP contribution in [-0.2, 0) is 9.53 Å². The van der Waals surface area contributed by atoms with Crippen LogP contribution in [0, 0.1) is 17.6 Å². The van der Waals surface area contributed by atoms with Gasteiger partial charge in [-0.1, -0.05) is 13.0 Å². The summed E-state index contributed by atoms with van der Waals surface area (Å²) in [6.07, 6.45) is 0.759. The second-order valence-electron chi connectivity index (χ2n) is 5.74. The standard InChI is InChI=1S/C16H22F2N2O2.ClH/c1-10(9-22-2)16(21)20-15-8-19-6-5-12(15)11-3-4-13(17)14(18)7-11;/h3-4,7,10,12,15,19H,5-6,8-9H2,1-2H3,(H,20,21);1H. The number of rotatable bonds is 5. The number of hydrogen-bond donors (Lipinski definition) is 2. The van der Waals surface area contributed by atoms with Crippen molar-refractivity contribution >= 4 is 18.3 Å². The van der Waals surface area contributed by atoms with Crippen molar-refractivity contribution in [1.29, 1.82) is 0 Å². The van der Waals surface area contributed by atoms with E-state index >= 15 is 0 Å². The van der Waals surface area contributed by atoms with Crippen molar-refractivity contribution in [1.82, 2.24) is 10.6 Å². The van der Waals surface area contributed by atoms with Crippen molar-refractivity contribution in [2.24, 2.45) is 5.92 Å². The fourth-order valence-corrected chi connectivity index (χ4v) is 2.80. The minimum atomic E-state index is -0.855. The molecule has 1 aliphatic heterocycles. The number of piperidine rings is 1. The lowest BCUT2D eigenvalue weighted by Gasteiger charge is -2.34. The zero-order valence-corrected chi connectivity index (χ0v) is 14.1. The summed E-state index contributed by atoms with van der Waals surface area (Å²) in [6.45, 7) is 3.53. The molecule has 1 heterocycles. The molecule has 0 aliphatic carbocycles. The molecule has 1 saturated heterocycles. The van der Waals surface area contributed by atoms with E-state index in [0.29, 0.717) is 18.7 Å². The SMILES string of the molecule is COCC(C)C(=O)NC1CNCCC1c1ccc(F)c(F)c1.Cl. The summed E-state index contributed by atoms with van der Waals surface area (Å²) in [5.41, 5.74) is 0.713. The van der Waals surface area contributed by atoms with Crippen LogP contribution in [0.2, 0.25) is 0 Å². The summed E-state index contributed by atoms with van der Waals surface area (Å²) in [6, 6.07) is 3.80. The predicted octanol–water partition coefficient (Wildman–Crippen LogP) is 2.23. The van der Waals surface area contributed by atoms with Crippen LogP contribution in [0.4, 0.5) is 8.78 Å². The van der Waals surface area contributed by atoms with Crippen LogP contribution in [0.3, 0.4) is 0 Å². The van der Waals surface area contributed by atoms with Crippen LogP contribution >= 0.6 is 12.4 Å². The van der Waals surface area contributed by atoms with E-state index < -0.39 is 11.6 Å². The van der Waals surface area contributed by atoms with Crippen LogP contribution in [0.1, 0.15) is 24.8 Å². The van der Waals surface area contributed by atoms with Gasteiger partial charge < -0.3 is 15.4 Å². The Hall–Kier alpha value is -1.24. The van der Waals surface area contributed by atoms with Crippen molar-refractivity contribution in [3.8, 4) is 0 Å². The highest BCUT2D eigenvalue weighted by atomic mass is 35.5. The number of hydrogen-bond acceptors (Lipinski definition) is 3. The Labute approximate surface area is 141 Å². The summed E-state index contributed by atoms with van der Waals surface area (Å²) < 4.78 is 31.5. The lowest BCUT2D eigenvalue weighted by molar-refractivity contribution is -0.127. The highest BCUT2D eigenvalue weighted by molar-refractivity contribution is 5.85. The van der Waals surface area contributed by atoms with E-state index in [9.17, 15) is 13.6 Å². The molecule has 3 atom stereocenters. The Balaban J connectivity index is 0.00000264. The highest BCUT2D eigenvalue weighted by Crippen LogP contribution is 2.27. The molecular weight excluding hydrogens is 326 g/mol. The van der Waals surface area contributed by atoms with Crippen molar-refractivity contribution in [2.45, 2.75) is 25.3 Å². The Morgan fingerprint density at radius 1 is 1.43 bits per heavy atom. The van der Waals surface area contributed by atoms with E-state index in [4.69, 9.17) is 4.74 Å². The minimum Gasteiger partial charge on any atom is -0.384 e. The molecule has 1 aromatic rings. The van der Waals surface area contributed by atoms with E-state index in [0.717, 1.165) is 19.0 Å². The maximum Gasteiger partial charge on any atom is 0.225 e. The summed E-state index contributed by atoms with van der Waals surface area (Å²) >= 11 is 0. The molecule has 0 radical (unpaired) electrons. The topological polar surface area (TPSA) is 50.4 Å². The fourth-order valence-electron chi connectivity index (χ4n) is 2.80. The van der Waals surface area contributed by atoms with E-state index in [1.54, 1.807) is 20.1 Å². The number of benzene rings is 1. The van der Waals surface area contributed by atoms with Gasteiger partial charge in [0, 0.05) is 25.6 Å². The number of halogens is 3. The van der Waals surface area contributed by atoms with Crippen LogP contribution in [0.15, 0.2) is 18.2 Å². The Kier molecular flexibility index (Phi) is 7.88. The Bertz CT molecular complexity index is 531. The first kappa shape index (κ1) is 19.8. The van der Waals surface area contributed by atoms with Gasteiger partial charge in [-0.05, 0) is 30.7 Å². The first-order valence-electron chi connectivity index (χ1n) is 7.48. The third-order valence-corrected chi connectivity index (χ3v) is 4.05. The number of methoxy groups -OCH3 is 1. The molecule has 130 valence electrons. The molecule has 3 unspecified atom stereocenters. The van der Waals surface area contributed by atoms with E-state index in [1.807, 2.05) is 0 Å². The highest BCUT2D eigenvalue weighted by Gasteiger charge is 2.29. The van der Waals surface area contributed by atoms with E-state index in [1.165, 1.54) is 6.07 Å². The van der Waals surface area contributed by atoms with E-state index in [2.05, 4.69) is 10.6 Å². The first-order chi connectivity index (χ1) is 10.5. The molecule has 1 aliphatic rings. The molecule has 0 aromatic heterocycles. The van der Waals surface area contributed by atoms with Crippen molar-refractivity contribution in [3.05, 3.63) is 35.4 Å². The van der Waals surface area contributed by atoms with Crippen LogP contribution < -0.4 is 10.6 Å². The van der Waals surface area contributed by atoms with Gasteiger partial charge in [0.25, 0.3) is 0 Å². The molecule has 23 heavy (non-hydrogen) atoms. The van der Waals surface area contributed by atoms with Crippen molar-refractivity contribution in [2.75, 3.05) is 26.8 Å². The molecule has 0 saturated carbocycles. The van der Waals surface area contributed by atoms with Gasteiger partial charge in [0.05, 0.1) is 12.5 Å². The average Bonchev–Trinajstić information content (AvgIpc) is 2.51.